The first kappa shape index (κ1) is 11.9. The SMILES string of the molecule is CCC(CNC)OC(C)C(C)C. The van der Waals surface area contributed by atoms with Gasteiger partial charge < -0.3 is 10.1 Å². The molecule has 0 aromatic carbocycles. The average Bonchev–Trinajstić information content (AvgIpc) is 2.03. The molecule has 0 saturated carbocycles. The normalized spacial score (nSPS) is 16.5. The van der Waals surface area contributed by atoms with Gasteiger partial charge in [0.1, 0.15) is 0 Å². The van der Waals surface area contributed by atoms with E-state index in [-0.39, 0.29) is 0 Å². The van der Waals surface area contributed by atoms with Gasteiger partial charge in [0, 0.05) is 6.54 Å². The summed E-state index contributed by atoms with van der Waals surface area (Å²) < 4.78 is 5.84. The lowest BCUT2D eigenvalue weighted by molar-refractivity contribution is -0.0248. The van der Waals surface area contributed by atoms with Crippen LogP contribution in [0.5, 0.6) is 0 Å². The highest BCUT2D eigenvalue weighted by Gasteiger charge is 2.13. The Hall–Kier alpha value is -0.0800. The third-order valence-corrected chi connectivity index (χ3v) is 2.23. The first-order chi connectivity index (χ1) is 5.61. The Morgan fingerprint density at radius 1 is 1.25 bits per heavy atom. The van der Waals surface area contributed by atoms with Crippen LogP contribution in [0.1, 0.15) is 34.1 Å². The lowest BCUT2D eigenvalue weighted by atomic mass is 10.1. The molecule has 2 unspecified atom stereocenters. The number of likely N-dealkylation sites (N-methyl/N-ethyl adjacent to an activating group) is 1. The summed E-state index contributed by atoms with van der Waals surface area (Å²) in [5, 5.41) is 3.14. The van der Waals surface area contributed by atoms with Gasteiger partial charge in [-0.25, -0.2) is 0 Å². The van der Waals surface area contributed by atoms with Crippen LogP contribution >= 0.6 is 0 Å². The summed E-state index contributed by atoms with van der Waals surface area (Å²) in [6.45, 7) is 9.64. The monoisotopic (exact) mass is 173 g/mol. The Balaban J connectivity index is 3.68. The van der Waals surface area contributed by atoms with E-state index in [1.807, 2.05) is 7.05 Å². The molecule has 74 valence electrons. The summed E-state index contributed by atoms with van der Waals surface area (Å²) in [6, 6.07) is 0. The molecule has 12 heavy (non-hydrogen) atoms. The van der Waals surface area contributed by atoms with E-state index in [0.29, 0.717) is 18.1 Å². The molecule has 0 amide bonds. The maximum Gasteiger partial charge on any atom is 0.0700 e. The first-order valence-corrected chi connectivity index (χ1v) is 4.91. The minimum atomic E-state index is 0.364. The van der Waals surface area contributed by atoms with Gasteiger partial charge in [-0.3, -0.25) is 0 Å². The minimum Gasteiger partial charge on any atom is -0.374 e. The zero-order chi connectivity index (χ0) is 9.56. The van der Waals surface area contributed by atoms with Gasteiger partial charge in [0.25, 0.3) is 0 Å². The van der Waals surface area contributed by atoms with Crippen molar-refractivity contribution in [2.45, 2.75) is 46.3 Å². The summed E-state index contributed by atoms with van der Waals surface area (Å²) in [7, 11) is 1.96. The molecule has 0 fully saturated rings. The van der Waals surface area contributed by atoms with Crippen LogP contribution in [-0.2, 0) is 4.74 Å². The molecule has 0 aliphatic rings. The quantitative estimate of drug-likeness (QED) is 0.663. The molecule has 0 aliphatic carbocycles. The van der Waals surface area contributed by atoms with Gasteiger partial charge in [-0.15, -0.1) is 0 Å². The van der Waals surface area contributed by atoms with Gasteiger partial charge in [-0.05, 0) is 26.3 Å². The van der Waals surface area contributed by atoms with Crippen molar-refractivity contribution in [1.82, 2.24) is 5.32 Å². The first-order valence-electron chi connectivity index (χ1n) is 4.91. The Bertz CT molecular complexity index is 104. The van der Waals surface area contributed by atoms with Gasteiger partial charge in [0.15, 0.2) is 0 Å². The van der Waals surface area contributed by atoms with E-state index in [1.54, 1.807) is 0 Å². The van der Waals surface area contributed by atoms with Crippen molar-refractivity contribution >= 4 is 0 Å². The summed E-state index contributed by atoms with van der Waals surface area (Å²) in [5.41, 5.74) is 0. The smallest absolute Gasteiger partial charge is 0.0700 e. The molecule has 0 aromatic heterocycles. The molecule has 0 rings (SSSR count). The largest absolute Gasteiger partial charge is 0.374 e. The molecule has 0 heterocycles. The Labute approximate surface area is 76.7 Å². The van der Waals surface area contributed by atoms with Crippen LogP contribution in [0.15, 0.2) is 0 Å². The van der Waals surface area contributed by atoms with Crippen molar-refractivity contribution in [2.24, 2.45) is 5.92 Å². The average molecular weight is 173 g/mol. The molecule has 0 radical (unpaired) electrons. The Kier molecular flexibility index (Phi) is 6.39. The van der Waals surface area contributed by atoms with Crippen molar-refractivity contribution in [3.63, 3.8) is 0 Å². The maximum absolute atomic E-state index is 5.84. The number of nitrogens with one attached hydrogen (secondary N) is 1. The highest BCUT2D eigenvalue weighted by molar-refractivity contribution is 4.62. The molecule has 2 heteroatoms. The fraction of sp³-hybridized carbons (Fsp3) is 1.00. The molecular formula is C10H23NO. The third-order valence-electron chi connectivity index (χ3n) is 2.23. The zero-order valence-electron chi connectivity index (χ0n) is 9.05. The molecular weight excluding hydrogens is 150 g/mol. The van der Waals surface area contributed by atoms with Crippen molar-refractivity contribution in [1.29, 1.82) is 0 Å². The maximum atomic E-state index is 5.84. The molecule has 0 bridgehead atoms. The molecule has 0 aliphatic heterocycles. The topological polar surface area (TPSA) is 21.3 Å². The van der Waals surface area contributed by atoms with Crippen LogP contribution in [0.4, 0.5) is 0 Å². The summed E-state index contributed by atoms with van der Waals surface area (Å²) >= 11 is 0. The second kappa shape index (κ2) is 6.44. The predicted octanol–water partition coefficient (Wildman–Crippen LogP) is 2.05. The van der Waals surface area contributed by atoms with Crippen molar-refractivity contribution in [3.05, 3.63) is 0 Å². The second-order valence-electron chi connectivity index (χ2n) is 3.67. The third kappa shape index (κ3) is 4.73. The molecule has 0 saturated heterocycles. The standard InChI is InChI=1S/C10H23NO/c1-6-10(7-11-5)12-9(4)8(2)3/h8-11H,6-7H2,1-5H3. The minimum absolute atomic E-state index is 0.364. The second-order valence-corrected chi connectivity index (χ2v) is 3.67. The van der Waals surface area contributed by atoms with E-state index in [1.165, 1.54) is 0 Å². The van der Waals surface area contributed by atoms with Crippen LogP contribution in [0.3, 0.4) is 0 Å². The van der Waals surface area contributed by atoms with Gasteiger partial charge in [-0.2, -0.15) is 0 Å². The van der Waals surface area contributed by atoms with Crippen LogP contribution in [-0.4, -0.2) is 25.8 Å². The fourth-order valence-corrected chi connectivity index (χ4v) is 0.977. The molecule has 1 N–H and O–H groups in total. The van der Waals surface area contributed by atoms with Gasteiger partial charge in [0.05, 0.1) is 12.2 Å². The highest BCUT2D eigenvalue weighted by Crippen LogP contribution is 2.09. The summed E-state index contributed by atoms with van der Waals surface area (Å²) in [6.07, 6.45) is 1.81. The Morgan fingerprint density at radius 2 is 1.83 bits per heavy atom. The summed E-state index contributed by atoms with van der Waals surface area (Å²) in [5.74, 6) is 0.607. The molecule has 2 nitrogen and oxygen atoms in total. The van der Waals surface area contributed by atoms with E-state index < -0.39 is 0 Å². The number of hydrogen-bond donors (Lipinski definition) is 1. The van der Waals surface area contributed by atoms with E-state index >= 15 is 0 Å². The lowest BCUT2D eigenvalue weighted by Crippen LogP contribution is -2.31. The zero-order valence-corrected chi connectivity index (χ0v) is 9.05. The van der Waals surface area contributed by atoms with Gasteiger partial charge >= 0.3 is 0 Å². The van der Waals surface area contributed by atoms with E-state index in [9.17, 15) is 0 Å². The molecule has 2 atom stereocenters. The molecule has 0 spiro atoms. The van der Waals surface area contributed by atoms with Crippen molar-refractivity contribution in [2.75, 3.05) is 13.6 Å². The van der Waals surface area contributed by atoms with Crippen LogP contribution in [0.25, 0.3) is 0 Å². The Morgan fingerprint density at radius 3 is 2.17 bits per heavy atom. The van der Waals surface area contributed by atoms with E-state index in [0.717, 1.165) is 13.0 Å². The predicted molar refractivity (Wildman–Crippen MR) is 53.4 cm³/mol. The van der Waals surface area contributed by atoms with Gasteiger partial charge in [0.2, 0.25) is 0 Å². The van der Waals surface area contributed by atoms with Crippen LogP contribution in [0, 0.1) is 5.92 Å². The van der Waals surface area contributed by atoms with E-state index in [2.05, 4.69) is 33.0 Å². The fourth-order valence-electron chi connectivity index (χ4n) is 0.977. The van der Waals surface area contributed by atoms with Crippen LogP contribution in [0.2, 0.25) is 0 Å². The molecule has 0 aromatic rings. The van der Waals surface area contributed by atoms with Crippen molar-refractivity contribution in [3.8, 4) is 0 Å². The number of rotatable bonds is 6. The summed E-state index contributed by atoms with van der Waals surface area (Å²) in [4.78, 5) is 0. The van der Waals surface area contributed by atoms with Crippen LogP contribution < -0.4 is 5.32 Å². The number of hydrogen-bond acceptors (Lipinski definition) is 2. The van der Waals surface area contributed by atoms with E-state index in [4.69, 9.17) is 4.74 Å². The highest BCUT2D eigenvalue weighted by atomic mass is 16.5. The number of ether oxygens (including phenoxy) is 1. The van der Waals surface area contributed by atoms with Gasteiger partial charge in [-0.1, -0.05) is 20.8 Å². The van der Waals surface area contributed by atoms with Crippen molar-refractivity contribution < 1.29 is 4.74 Å². The lowest BCUT2D eigenvalue weighted by Gasteiger charge is -2.23.